The Hall–Kier alpha value is -3.43. The van der Waals surface area contributed by atoms with Gasteiger partial charge in [0, 0.05) is 36.2 Å². The molecule has 0 atom stereocenters. The van der Waals surface area contributed by atoms with Gasteiger partial charge in [-0.3, -0.25) is 9.97 Å². The van der Waals surface area contributed by atoms with Crippen molar-refractivity contribution in [2.24, 2.45) is 0 Å². The number of hydrogen-bond donors (Lipinski definition) is 1. The maximum absolute atomic E-state index is 12.3. The number of hydrogen-bond acceptors (Lipinski definition) is 8. The smallest absolute Gasteiger partial charge is 0.187 e. The molecular formula is C25H27N5O3S. The number of benzene rings is 1. The molecule has 4 rings (SSSR count). The molecule has 0 aliphatic heterocycles. The van der Waals surface area contributed by atoms with E-state index in [4.69, 9.17) is 9.51 Å². The van der Waals surface area contributed by atoms with E-state index < -0.39 is 14.6 Å². The van der Waals surface area contributed by atoms with Gasteiger partial charge in [0.2, 0.25) is 0 Å². The molecule has 0 aliphatic rings. The lowest BCUT2D eigenvalue weighted by molar-refractivity contribution is 0.433. The quantitative estimate of drug-likeness (QED) is 0.422. The molecule has 0 radical (unpaired) electrons. The van der Waals surface area contributed by atoms with Gasteiger partial charge in [0.15, 0.2) is 15.6 Å². The summed E-state index contributed by atoms with van der Waals surface area (Å²) in [7, 11) is -1.46. The van der Waals surface area contributed by atoms with Crippen LogP contribution in [0.3, 0.4) is 0 Å². The van der Waals surface area contributed by atoms with E-state index in [9.17, 15) is 8.42 Å². The average Bonchev–Trinajstić information content (AvgIpc) is 3.29. The predicted molar refractivity (Wildman–Crippen MR) is 132 cm³/mol. The number of aryl methyl sites for hydroxylation is 1. The molecule has 0 bridgehead atoms. The highest BCUT2D eigenvalue weighted by Crippen LogP contribution is 2.31. The third-order valence-electron chi connectivity index (χ3n) is 5.93. The monoisotopic (exact) mass is 477 g/mol. The van der Waals surface area contributed by atoms with Crippen LogP contribution in [0.5, 0.6) is 0 Å². The van der Waals surface area contributed by atoms with Gasteiger partial charge in [-0.25, -0.2) is 13.4 Å². The lowest BCUT2D eigenvalue weighted by Gasteiger charge is -2.22. The van der Waals surface area contributed by atoms with Crippen LogP contribution in [-0.4, -0.2) is 41.8 Å². The molecule has 4 aromatic rings. The van der Waals surface area contributed by atoms with Crippen LogP contribution >= 0.6 is 0 Å². The molecule has 1 aromatic carbocycles. The van der Waals surface area contributed by atoms with Crippen molar-refractivity contribution in [3.63, 3.8) is 0 Å². The number of aromatic nitrogens is 4. The molecule has 0 aliphatic carbocycles. The first-order valence-electron chi connectivity index (χ1n) is 10.8. The summed E-state index contributed by atoms with van der Waals surface area (Å²) in [6.45, 7) is 5.93. The largest absolute Gasteiger partial charge is 0.354 e. The summed E-state index contributed by atoms with van der Waals surface area (Å²) in [6, 6.07) is 13.5. The number of rotatable bonds is 7. The van der Waals surface area contributed by atoms with Gasteiger partial charge in [-0.15, -0.1) is 0 Å². The highest BCUT2D eigenvalue weighted by Gasteiger charge is 2.34. The Morgan fingerprint density at radius 3 is 2.41 bits per heavy atom. The van der Waals surface area contributed by atoms with Crippen molar-refractivity contribution in [2.75, 3.05) is 13.3 Å². The Labute approximate surface area is 199 Å². The van der Waals surface area contributed by atoms with Crippen molar-refractivity contribution in [3.8, 4) is 34.0 Å². The lowest BCUT2D eigenvalue weighted by Crippen LogP contribution is -2.29. The van der Waals surface area contributed by atoms with E-state index in [1.54, 1.807) is 38.4 Å². The number of sulfone groups is 1. The third kappa shape index (κ3) is 4.62. The zero-order valence-corrected chi connectivity index (χ0v) is 20.6. The zero-order valence-electron chi connectivity index (χ0n) is 19.8. The summed E-state index contributed by atoms with van der Waals surface area (Å²) in [5.74, 6) is 0.506. The van der Waals surface area contributed by atoms with E-state index in [2.05, 4.69) is 20.4 Å². The van der Waals surface area contributed by atoms with Crippen LogP contribution in [0.4, 0.5) is 0 Å². The van der Waals surface area contributed by atoms with Crippen LogP contribution in [-0.2, 0) is 21.1 Å². The van der Waals surface area contributed by atoms with Gasteiger partial charge in [0.05, 0.1) is 23.3 Å². The van der Waals surface area contributed by atoms with Gasteiger partial charge in [0.25, 0.3) is 0 Å². The molecule has 0 amide bonds. The maximum atomic E-state index is 12.3. The molecule has 176 valence electrons. The van der Waals surface area contributed by atoms with Gasteiger partial charge in [-0.05, 0) is 45.5 Å². The van der Waals surface area contributed by atoms with Gasteiger partial charge in [-0.1, -0.05) is 29.4 Å². The normalized spacial score (nSPS) is 12.1. The highest BCUT2D eigenvalue weighted by molar-refractivity contribution is 7.91. The van der Waals surface area contributed by atoms with Crippen molar-refractivity contribution in [3.05, 3.63) is 71.8 Å². The number of pyridine rings is 1. The Bertz CT molecular complexity index is 1430. The summed E-state index contributed by atoms with van der Waals surface area (Å²) < 4.78 is 29.0. The molecule has 8 nitrogen and oxygen atoms in total. The first kappa shape index (κ1) is 23.7. The molecule has 9 heteroatoms. The van der Waals surface area contributed by atoms with E-state index in [1.165, 1.54) is 11.8 Å². The Balaban J connectivity index is 1.69. The molecule has 0 saturated heterocycles. The van der Waals surface area contributed by atoms with Crippen molar-refractivity contribution in [2.45, 2.75) is 32.1 Å². The minimum atomic E-state index is -3.37. The standard InChI is InChI=1S/C25H27N5O3S/c1-16-24(22-13-20(30-33-22)18-8-6-17(7-9-18)14-26-4)29-21(15-28-16)19-10-11-27-23(12-19)25(2,3)34(5,31)32/h6-13,15,26H,14H2,1-5H3. The summed E-state index contributed by atoms with van der Waals surface area (Å²) >= 11 is 0. The second kappa shape index (κ2) is 9.08. The van der Waals surface area contributed by atoms with Crippen LogP contribution in [0.1, 0.15) is 30.8 Å². The Morgan fingerprint density at radius 1 is 1.00 bits per heavy atom. The fourth-order valence-corrected chi connectivity index (χ4v) is 3.94. The zero-order chi connectivity index (χ0) is 24.5. The third-order valence-corrected chi connectivity index (χ3v) is 7.99. The maximum Gasteiger partial charge on any atom is 0.187 e. The van der Waals surface area contributed by atoms with E-state index in [0.29, 0.717) is 34.2 Å². The lowest BCUT2D eigenvalue weighted by atomic mass is 10.0. The average molecular weight is 478 g/mol. The topological polar surface area (TPSA) is 111 Å². The molecular weight excluding hydrogens is 450 g/mol. The van der Waals surface area contributed by atoms with Crippen LogP contribution < -0.4 is 5.32 Å². The predicted octanol–water partition coefficient (Wildman–Crippen LogP) is 4.17. The van der Waals surface area contributed by atoms with Crippen LogP contribution in [0, 0.1) is 6.92 Å². The summed E-state index contributed by atoms with van der Waals surface area (Å²) in [5, 5.41) is 7.35. The number of nitrogens with one attached hydrogen (secondary N) is 1. The molecule has 0 saturated carbocycles. The van der Waals surface area contributed by atoms with E-state index in [-0.39, 0.29) is 0 Å². The van der Waals surface area contributed by atoms with Crippen molar-refractivity contribution in [1.29, 1.82) is 0 Å². The second-order valence-corrected chi connectivity index (χ2v) is 11.3. The van der Waals surface area contributed by atoms with Gasteiger partial charge >= 0.3 is 0 Å². The van der Waals surface area contributed by atoms with Crippen LogP contribution in [0.2, 0.25) is 0 Å². The molecule has 34 heavy (non-hydrogen) atoms. The van der Waals surface area contributed by atoms with Gasteiger partial charge in [-0.2, -0.15) is 0 Å². The van der Waals surface area contributed by atoms with E-state index >= 15 is 0 Å². The molecule has 0 fully saturated rings. The van der Waals surface area contributed by atoms with Crippen LogP contribution in [0.25, 0.3) is 34.0 Å². The van der Waals surface area contributed by atoms with Crippen LogP contribution in [0.15, 0.2) is 59.4 Å². The van der Waals surface area contributed by atoms with Gasteiger partial charge < -0.3 is 9.84 Å². The fourth-order valence-electron chi connectivity index (χ4n) is 3.45. The summed E-state index contributed by atoms with van der Waals surface area (Å²) in [6.07, 6.45) is 4.45. The summed E-state index contributed by atoms with van der Waals surface area (Å²) in [4.78, 5) is 13.5. The molecule has 3 aromatic heterocycles. The van der Waals surface area contributed by atoms with E-state index in [1.807, 2.05) is 44.3 Å². The van der Waals surface area contributed by atoms with E-state index in [0.717, 1.165) is 17.7 Å². The van der Waals surface area contributed by atoms with Gasteiger partial charge in [0.1, 0.15) is 16.1 Å². The molecule has 1 N–H and O–H groups in total. The fraction of sp³-hybridized carbons (Fsp3) is 0.280. The van der Waals surface area contributed by atoms with Crippen molar-refractivity contribution < 1.29 is 12.9 Å². The number of nitrogens with zero attached hydrogens (tertiary/aromatic N) is 4. The molecule has 0 spiro atoms. The Kier molecular flexibility index (Phi) is 6.33. The molecule has 3 heterocycles. The minimum absolute atomic E-state index is 0.445. The molecule has 0 unspecified atom stereocenters. The first-order chi connectivity index (χ1) is 16.1. The van der Waals surface area contributed by atoms with Crippen molar-refractivity contribution in [1.82, 2.24) is 25.4 Å². The highest BCUT2D eigenvalue weighted by atomic mass is 32.2. The Morgan fingerprint density at radius 2 is 1.74 bits per heavy atom. The summed E-state index contributed by atoms with van der Waals surface area (Å²) in [5.41, 5.74) is 5.85. The SMILES string of the molecule is CNCc1ccc(-c2cc(-c3nc(-c4ccnc(C(C)(C)S(C)(=O)=O)c4)cnc3C)on2)cc1. The second-order valence-electron chi connectivity index (χ2n) is 8.71. The first-order valence-corrected chi connectivity index (χ1v) is 12.7. The minimum Gasteiger partial charge on any atom is -0.354 e. The van der Waals surface area contributed by atoms with Crippen molar-refractivity contribution >= 4 is 9.84 Å².